The maximum absolute atomic E-state index is 13.0. The molecule has 30 heavy (non-hydrogen) atoms. The largest absolute Gasteiger partial charge is 0.496 e. The van der Waals surface area contributed by atoms with Crippen molar-refractivity contribution in [1.29, 1.82) is 0 Å². The minimum atomic E-state index is -3.45. The van der Waals surface area contributed by atoms with Gasteiger partial charge in [-0.25, -0.2) is 13.1 Å². The van der Waals surface area contributed by atoms with Gasteiger partial charge in [0.1, 0.15) is 11.5 Å². The molecule has 9 heteroatoms. The fourth-order valence-corrected chi connectivity index (χ4v) is 5.26. The molecule has 0 radical (unpaired) electrons. The molecule has 0 aliphatic heterocycles. The molecule has 2 aliphatic rings. The SMILES string of the molecule is CNS(=O)(=O)C1=CCC([C@H]2[C@H](NC(=O)c3cc(Cl)c(OC)cc3OC)C2(C)C)C=C1. The van der Waals surface area contributed by atoms with Crippen LogP contribution in [-0.2, 0) is 10.0 Å². The van der Waals surface area contributed by atoms with E-state index in [2.05, 4.69) is 23.9 Å². The third kappa shape index (κ3) is 4.08. The van der Waals surface area contributed by atoms with Crippen LogP contribution in [0.2, 0.25) is 5.02 Å². The van der Waals surface area contributed by atoms with Crippen molar-refractivity contribution in [2.75, 3.05) is 21.3 Å². The molecule has 7 nitrogen and oxygen atoms in total. The van der Waals surface area contributed by atoms with E-state index < -0.39 is 10.0 Å². The topological polar surface area (TPSA) is 93.7 Å². The van der Waals surface area contributed by atoms with E-state index in [0.717, 1.165) is 0 Å². The zero-order valence-electron chi connectivity index (χ0n) is 17.7. The third-order valence-corrected chi connectivity index (χ3v) is 7.81. The van der Waals surface area contributed by atoms with Crippen LogP contribution in [0.3, 0.4) is 0 Å². The Bertz CT molecular complexity index is 1020. The van der Waals surface area contributed by atoms with E-state index in [4.69, 9.17) is 21.1 Å². The van der Waals surface area contributed by atoms with Crippen molar-refractivity contribution in [1.82, 2.24) is 10.0 Å². The summed E-state index contributed by atoms with van der Waals surface area (Å²) in [6, 6.07) is 3.07. The van der Waals surface area contributed by atoms with Gasteiger partial charge in [-0.3, -0.25) is 4.79 Å². The lowest BCUT2D eigenvalue weighted by Gasteiger charge is -2.17. The van der Waals surface area contributed by atoms with Crippen molar-refractivity contribution < 1.29 is 22.7 Å². The summed E-state index contributed by atoms with van der Waals surface area (Å²) < 4.78 is 36.8. The predicted molar refractivity (Wildman–Crippen MR) is 116 cm³/mol. The Morgan fingerprint density at radius 1 is 1.20 bits per heavy atom. The number of halogens is 1. The first kappa shape index (κ1) is 22.7. The molecule has 1 unspecified atom stereocenters. The molecular weight excluding hydrogens is 428 g/mol. The molecule has 1 aromatic rings. The van der Waals surface area contributed by atoms with Crippen LogP contribution in [0.1, 0.15) is 30.6 Å². The minimum Gasteiger partial charge on any atom is -0.496 e. The van der Waals surface area contributed by atoms with Crippen LogP contribution in [-0.4, -0.2) is 41.6 Å². The minimum absolute atomic E-state index is 0.0545. The van der Waals surface area contributed by atoms with Gasteiger partial charge in [0.15, 0.2) is 0 Å². The highest BCUT2D eigenvalue weighted by molar-refractivity contribution is 7.93. The number of benzene rings is 1. The van der Waals surface area contributed by atoms with Crippen molar-refractivity contribution in [3.05, 3.63) is 45.9 Å². The van der Waals surface area contributed by atoms with Crippen molar-refractivity contribution in [2.24, 2.45) is 17.3 Å². The number of rotatable bonds is 7. The third-order valence-electron chi connectivity index (χ3n) is 6.06. The summed E-state index contributed by atoms with van der Waals surface area (Å²) >= 11 is 6.19. The molecule has 1 aromatic carbocycles. The summed E-state index contributed by atoms with van der Waals surface area (Å²) in [5.41, 5.74) is 0.215. The number of ether oxygens (including phenoxy) is 2. The van der Waals surface area contributed by atoms with Gasteiger partial charge in [-0.15, -0.1) is 0 Å². The van der Waals surface area contributed by atoms with Crippen LogP contribution in [0, 0.1) is 17.3 Å². The Balaban J connectivity index is 1.74. The lowest BCUT2D eigenvalue weighted by atomic mass is 9.91. The molecule has 0 spiro atoms. The maximum atomic E-state index is 13.0. The number of nitrogens with one attached hydrogen (secondary N) is 2. The Morgan fingerprint density at radius 3 is 2.40 bits per heavy atom. The van der Waals surface area contributed by atoms with E-state index in [-0.39, 0.29) is 34.1 Å². The molecule has 1 saturated carbocycles. The smallest absolute Gasteiger partial charge is 0.255 e. The van der Waals surface area contributed by atoms with Crippen molar-refractivity contribution >= 4 is 27.5 Å². The van der Waals surface area contributed by atoms with Crippen LogP contribution >= 0.6 is 11.6 Å². The molecule has 3 rings (SSSR count). The number of hydrogen-bond acceptors (Lipinski definition) is 5. The van der Waals surface area contributed by atoms with E-state index in [1.807, 2.05) is 6.08 Å². The van der Waals surface area contributed by atoms with Crippen LogP contribution in [0.25, 0.3) is 0 Å². The normalized spacial score (nSPS) is 24.7. The number of methoxy groups -OCH3 is 2. The molecule has 0 heterocycles. The Kier molecular flexibility index (Phi) is 6.23. The van der Waals surface area contributed by atoms with E-state index in [0.29, 0.717) is 28.5 Å². The summed E-state index contributed by atoms with van der Waals surface area (Å²) in [5.74, 6) is 0.869. The Morgan fingerprint density at radius 2 is 1.87 bits per heavy atom. The number of carbonyl (C=O) groups is 1. The van der Waals surface area contributed by atoms with E-state index in [9.17, 15) is 13.2 Å². The maximum Gasteiger partial charge on any atom is 0.255 e. The molecule has 1 amide bonds. The van der Waals surface area contributed by atoms with E-state index in [1.165, 1.54) is 27.3 Å². The van der Waals surface area contributed by atoms with Gasteiger partial charge < -0.3 is 14.8 Å². The highest BCUT2D eigenvalue weighted by Crippen LogP contribution is 2.58. The standard InChI is InChI=1S/C21H27ClN2O5S/c1-21(2)18(12-6-8-13(9-7-12)30(26,27)23-3)19(21)24-20(25)14-10-15(22)17(29-5)11-16(14)28-4/h6,8-12,18-19,23H,7H2,1-5H3,(H,24,25)/t12?,18-,19-/m0/s1. The molecule has 1 fully saturated rings. The van der Waals surface area contributed by atoms with Crippen molar-refractivity contribution in [3.8, 4) is 11.5 Å². The highest BCUT2D eigenvalue weighted by atomic mass is 35.5. The first-order valence-corrected chi connectivity index (χ1v) is 11.5. The average Bonchev–Trinajstić information content (AvgIpc) is 3.27. The second kappa shape index (κ2) is 8.24. The monoisotopic (exact) mass is 454 g/mol. The number of carbonyl (C=O) groups excluding carboxylic acids is 1. The summed E-state index contributed by atoms with van der Waals surface area (Å²) in [7, 11) is 0.930. The lowest BCUT2D eigenvalue weighted by Crippen LogP contribution is -2.30. The quantitative estimate of drug-likeness (QED) is 0.660. The summed E-state index contributed by atoms with van der Waals surface area (Å²) in [5, 5.41) is 3.42. The van der Waals surface area contributed by atoms with Crippen LogP contribution < -0.4 is 19.5 Å². The Hall–Kier alpha value is -2.03. The first-order valence-electron chi connectivity index (χ1n) is 9.61. The zero-order chi connectivity index (χ0) is 22.3. The van der Waals surface area contributed by atoms with E-state index in [1.54, 1.807) is 18.2 Å². The predicted octanol–water partition coefficient (Wildman–Crippen LogP) is 3.12. The number of amides is 1. The van der Waals surface area contributed by atoms with Crippen LogP contribution in [0.4, 0.5) is 0 Å². The molecule has 2 N–H and O–H groups in total. The van der Waals surface area contributed by atoms with Gasteiger partial charge in [-0.1, -0.05) is 37.6 Å². The van der Waals surface area contributed by atoms with Crippen molar-refractivity contribution in [2.45, 2.75) is 26.3 Å². The van der Waals surface area contributed by atoms with Gasteiger partial charge in [0.05, 0.1) is 29.7 Å². The lowest BCUT2D eigenvalue weighted by molar-refractivity contribution is 0.0941. The van der Waals surface area contributed by atoms with Gasteiger partial charge in [0.25, 0.3) is 5.91 Å². The summed E-state index contributed by atoms with van der Waals surface area (Å²) in [4.78, 5) is 13.2. The van der Waals surface area contributed by atoms with Gasteiger partial charge in [0.2, 0.25) is 10.0 Å². The molecule has 0 saturated heterocycles. The Labute approximate surface area is 182 Å². The first-order chi connectivity index (χ1) is 14.1. The van der Waals surface area contributed by atoms with Gasteiger partial charge in [-0.05, 0) is 42.9 Å². The fraction of sp³-hybridized carbons (Fsp3) is 0.476. The molecule has 164 valence electrons. The second-order valence-electron chi connectivity index (χ2n) is 8.06. The second-order valence-corrected chi connectivity index (χ2v) is 10.4. The molecular formula is C21H27ClN2O5S. The zero-order valence-corrected chi connectivity index (χ0v) is 19.2. The molecule has 0 aromatic heterocycles. The van der Waals surface area contributed by atoms with Gasteiger partial charge in [-0.2, -0.15) is 0 Å². The summed E-state index contributed by atoms with van der Waals surface area (Å²) in [6.07, 6.45) is 5.90. The highest BCUT2D eigenvalue weighted by Gasteiger charge is 2.61. The number of allylic oxidation sites excluding steroid dienone is 3. The van der Waals surface area contributed by atoms with Crippen LogP contribution in [0.5, 0.6) is 11.5 Å². The van der Waals surface area contributed by atoms with Crippen molar-refractivity contribution in [3.63, 3.8) is 0 Å². The average molecular weight is 455 g/mol. The van der Waals surface area contributed by atoms with Crippen LogP contribution in [0.15, 0.2) is 35.3 Å². The van der Waals surface area contributed by atoms with E-state index >= 15 is 0 Å². The fourth-order valence-electron chi connectivity index (χ4n) is 4.21. The van der Waals surface area contributed by atoms with Gasteiger partial charge in [0, 0.05) is 12.1 Å². The molecule has 0 bridgehead atoms. The summed E-state index contributed by atoms with van der Waals surface area (Å²) in [6.45, 7) is 4.19. The molecule has 3 atom stereocenters. The molecule has 2 aliphatic carbocycles. The van der Waals surface area contributed by atoms with Gasteiger partial charge >= 0.3 is 0 Å². The number of hydrogen-bond donors (Lipinski definition) is 2. The number of sulfonamides is 1.